The minimum atomic E-state index is -2.74. The van der Waals surface area contributed by atoms with Crippen molar-refractivity contribution < 1.29 is 19.3 Å². The van der Waals surface area contributed by atoms with Gasteiger partial charge in [-0.1, -0.05) is 11.6 Å². The second-order valence-corrected chi connectivity index (χ2v) is 4.45. The minimum absolute atomic E-state index is 0.0347. The van der Waals surface area contributed by atoms with Crippen LogP contribution in [0.2, 0.25) is 0 Å². The first-order valence-electron chi connectivity index (χ1n) is 5.04. The maximum absolute atomic E-state index is 14.1. The van der Waals surface area contributed by atoms with Crippen LogP contribution >= 0.6 is 11.6 Å². The number of aliphatic hydroxyl groups is 2. The molecule has 0 spiro atoms. The van der Waals surface area contributed by atoms with Gasteiger partial charge in [0.25, 0.3) is 5.13 Å². The fraction of sp³-hybridized carbons (Fsp3) is 0.556. The second kappa shape index (κ2) is 4.47. The van der Waals surface area contributed by atoms with Crippen LogP contribution in [0, 0.1) is 0 Å². The number of nitrogens with two attached hydrogens (primary N) is 1. The molecule has 1 aromatic rings. The summed E-state index contributed by atoms with van der Waals surface area (Å²) >= 11 is 5.53. The number of ether oxygens (including phenoxy) is 1. The zero-order valence-electron chi connectivity index (χ0n) is 9.03. The number of aromatic nitrogens is 2. The summed E-state index contributed by atoms with van der Waals surface area (Å²) in [5.74, 6) is -0.0347. The van der Waals surface area contributed by atoms with Gasteiger partial charge in [-0.3, -0.25) is 4.57 Å². The quantitative estimate of drug-likeness (QED) is 0.598. The number of hydrogen-bond acceptors (Lipinski definition) is 6. The molecular weight excluding hydrogens is 269 g/mol. The van der Waals surface area contributed by atoms with Crippen LogP contribution in [0.5, 0.6) is 0 Å². The van der Waals surface area contributed by atoms with Gasteiger partial charge in [-0.05, 0) is 6.07 Å². The lowest BCUT2D eigenvalue weighted by atomic mass is 10.1. The molecular formula is C9H11ClFN3O4. The summed E-state index contributed by atoms with van der Waals surface area (Å²) in [6.45, 7) is -0.632. The van der Waals surface area contributed by atoms with Gasteiger partial charge in [0.15, 0.2) is 6.23 Å². The van der Waals surface area contributed by atoms with Crippen LogP contribution in [0.15, 0.2) is 17.1 Å². The number of nitrogen functional groups attached to an aromatic ring is 1. The minimum Gasteiger partial charge on any atom is -0.394 e. The van der Waals surface area contributed by atoms with Crippen LogP contribution in [0.3, 0.4) is 0 Å². The monoisotopic (exact) mass is 279 g/mol. The molecule has 1 aliphatic heterocycles. The van der Waals surface area contributed by atoms with Crippen LogP contribution in [0.4, 0.5) is 10.2 Å². The van der Waals surface area contributed by atoms with Gasteiger partial charge in [-0.25, -0.2) is 9.18 Å². The smallest absolute Gasteiger partial charge is 0.351 e. The number of halogens is 2. The number of rotatable bonds is 2. The third-order valence-corrected chi connectivity index (χ3v) is 3.07. The molecule has 9 heteroatoms. The first kappa shape index (κ1) is 13.2. The Morgan fingerprint density at radius 3 is 2.89 bits per heavy atom. The molecule has 2 rings (SSSR count). The van der Waals surface area contributed by atoms with Crippen molar-refractivity contribution in [1.82, 2.24) is 9.55 Å². The first-order chi connectivity index (χ1) is 8.37. The van der Waals surface area contributed by atoms with Crippen molar-refractivity contribution in [3.63, 3.8) is 0 Å². The lowest BCUT2D eigenvalue weighted by Gasteiger charge is -2.22. The molecule has 100 valence electrons. The third-order valence-electron chi connectivity index (χ3n) is 2.66. The fourth-order valence-corrected chi connectivity index (χ4v) is 2.02. The Balaban J connectivity index is 2.42. The van der Waals surface area contributed by atoms with Crippen molar-refractivity contribution >= 4 is 17.4 Å². The van der Waals surface area contributed by atoms with E-state index in [4.69, 9.17) is 27.2 Å². The van der Waals surface area contributed by atoms with Gasteiger partial charge < -0.3 is 20.7 Å². The lowest BCUT2D eigenvalue weighted by Crippen LogP contribution is -2.41. The van der Waals surface area contributed by atoms with Gasteiger partial charge in [0, 0.05) is 6.20 Å². The average molecular weight is 280 g/mol. The van der Waals surface area contributed by atoms with Crippen LogP contribution in [0.25, 0.3) is 0 Å². The van der Waals surface area contributed by atoms with E-state index in [9.17, 15) is 14.3 Å². The number of alkyl halides is 2. The summed E-state index contributed by atoms with van der Waals surface area (Å²) in [4.78, 5) is 14.9. The van der Waals surface area contributed by atoms with E-state index in [2.05, 4.69) is 4.98 Å². The van der Waals surface area contributed by atoms with Gasteiger partial charge in [0.05, 0.1) is 6.61 Å². The van der Waals surface area contributed by atoms with E-state index in [0.29, 0.717) is 0 Å². The predicted molar refractivity (Wildman–Crippen MR) is 59.6 cm³/mol. The summed E-state index contributed by atoms with van der Waals surface area (Å²) in [7, 11) is 0. The summed E-state index contributed by atoms with van der Waals surface area (Å²) in [6, 6.07) is 1.26. The molecule has 4 N–H and O–H groups in total. The lowest BCUT2D eigenvalue weighted by molar-refractivity contribution is -0.0517. The molecule has 0 radical (unpaired) electrons. The van der Waals surface area contributed by atoms with E-state index in [1.165, 1.54) is 6.07 Å². The maximum Gasteiger partial charge on any atom is 0.351 e. The molecule has 0 saturated carbocycles. The molecule has 1 fully saturated rings. The highest BCUT2D eigenvalue weighted by molar-refractivity contribution is 6.23. The molecule has 4 atom stereocenters. The van der Waals surface area contributed by atoms with Crippen molar-refractivity contribution in [2.75, 3.05) is 12.3 Å². The Morgan fingerprint density at radius 1 is 1.72 bits per heavy atom. The fourth-order valence-electron chi connectivity index (χ4n) is 1.72. The number of anilines is 1. The topological polar surface area (TPSA) is 111 Å². The number of aliphatic hydroxyl groups excluding tert-OH is 2. The van der Waals surface area contributed by atoms with Crippen molar-refractivity contribution in [1.29, 1.82) is 0 Å². The molecule has 0 aromatic carbocycles. The first-order valence-corrected chi connectivity index (χ1v) is 5.42. The Morgan fingerprint density at radius 2 is 2.39 bits per heavy atom. The van der Waals surface area contributed by atoms with Gasteiger partial charge in [0.1, 0.15) is 18.0 Å². The van der Waals surface area contributed by atoms with E-state index >= 15 is 0 Å². The van der Waals surface area contributed by atoms with Crippen LogP contribution < -0.4 is 11.4 Å². The van der Waals surface area contributed by atoms with Gasteiger partial charge in [-0.15, -0.1) is 0 Å². The van der Waals surface area contributed by atoms with Gasteiger partial charge in [-0.2, -0.15) is 4.98 Å². The molecule has 0 bridgehead atoms. The van der Waals surface area contributed by atoms with Crippen LogP contribution in [-0.4, -0.2) is 43.7 Å². The second-order valence-electron chi connectivity index (χ2n) is 3.87. The number of nitrogens with zero attached hydrogens (tertiary/aromatic N) is 2. The van der Waals surface area contributed by atoms with Crippen molar-refractivity contribution in [2.45, 2.75) is 23.6 Å². The standard InChI is InChI=1S/C9H11ClFN3O4/c10-9(11)6(16)4(3-15)18-7(9)14-2-1-5(12)13-8(14)17/h1-2,4,6-7,15-16H,3H2,(H2,12,13,17)/t4-,6+,7-,9+/m1/s1. The highest BCUT2D eigenvalue weighted by Crippen LogP contribution is 2.43. The van der Waals surface area contributed by atoms with Crippen LogP contribution in [0.1, 0.15) is 6.23 Å². The Hall–Kier alpha value is -1.22. The number of hydrogen-bond donors (Lipinski definition) is 3. The molecule has 1 aliphatic rings. The van der Waals surface area contributed by atoms with E-state index < -0.39 is 35.9 Å². The Labute approximate surface area is 106 Å². The highest BCUT2D eigenvalue weighted by Gasteiger charge is 2.57. The van der Waals surface area contributed by atoms with Crippen LogP contribution in [-0.2, 0) is 4.74 Å². The van der Waals surface area contributed by atoms with Crippen molar-refractivity contribution in [3.05, 3.63) is 22.7 Å². The van der Waals surface area contributed by atoms with Gasteiger partial charge >= 0.3 is 5.69 Å². The normalized spacial score (nSPS) is 35.9. The largest absolute Gasteiger partial charge is 0.394 e. The molecule has 1 aromatic heterocycles. The zero-order valence-corrected chi connectivity index (χ0v) is 9.79. The SMILES string of the molecule is Nc1ccn([C@@H]2O[C@H](CO)[C@H](O)[C@@]2(F)Cl)c(=O)n1. The average Bonchev–Trinajstić information content (AvgIpc) is 2.52. The summed E-state index contributed by atoms with van der Waals surface area (Å²) in [5.41, 5.74) is 4.43. The Bertz CT molecular complexity index is 509. The highest BCUT2D eigenvalue weighted by atomic mass is 35.5. The van der Waals surface area contributed by atoms with Crippen molar-refractivity contribution in [3.8, 4) is 0 Å². The zero-order chi connectivity index (χ0) is 13.5. The summed E-state index contributed by atoms with van der Waals surface area (Å²) in [5, 5.41) is 15.7. The molecule has 18 heavy (non-hydrogen) atoms. The van der Waals surface area contributed by atoms with E-state index in [1.54, 1.807) is 0 Å². The van der Waals surface area contributed by atoms with E-state index in [1.807, 2.05) is 0 Å². The summed E-state index contributed by atoms with van der Waals surface area (Å²) < 4.78 is 19.9. The molecule has 0 unspecified atom stereocenters. The molecule has 1 saturated heterocycles. The maximum atomic E-state index is 14.1. The van der Waals surface area contributed by atoms with Gasteiger partial charge in [0.2, 0.25) is 0 Å². The molecule has 0 amide bonds. The van der Waals surface area contributed by atoms with Crippen molar-refractivity contribution in [2.24, 2.45) is 0 Å². The third kappa shape index (κ3) is 1.97. The molecule has 7 nitrogen and oxygen atoms in total. The molecule has 0 aliphatic carbocycles. The Kier molecular flexibility index (Phi) is 3.28. The molecule has 2 heterocycles. The predicted octanol–water partition coefficient (Wildman–Crippen LogP) is -1.02. The van der Waals surface area contributed by atoms with E-state index in [0.717, 1.165) is 10.8 Å². The van der Waals surface area contributed by atoms with E-state index in [-0.39, 0.29) is 5.82 Å². The summed E-state index contributed by atoms with van der Waals surface area (Å²) in [6.07, 6.45) is -3.43.